The highest BCUT2D eigenvalue weighted by atomic mass is 28.3. The van der Waals surface area contributed by atoms with E-state index >= 15 is 0 Å². The Hall–Kier alpha value is -5.52. The Bertz CT molecular complexity index is 2600. The van der Waals surface area contributed by atoms with Crippen LogP contribution in [0.3, 0.4) is 0 Å². The topological polar surface area (TPSA) is 46.5 Å². The van der Waals surface area contributed by atoms with E-state index in [0.29, 0.717) is 0 Å². The van der Waals surface area contributed by atoms with Crippen LogP contribution in [-0.2, 0) is 10.8 Å². The largest absolute Gasteiger partial charge is 0.309 e. The Labute approximate surface area is 307 Å². The first-order valence-corrected chi connectivity index (χ1v) is 20.3. The number of H-pyrrole nitrogens is 1. The number of aryl methyl sites for hydroxylation is 1. The molecule has 5 aromatic carbocycles. The van der Waals surface area contributed by atoms with Crippen molar-refractivity contribution in [2.75, 3.05) is 0 Å². The van der Waals surface area contributed by atoms with Crippen molar-refractivity contribution in [2.45, 2.75) is 59.3 Å². The third-order valence-corrected chi connectivity index (χ3v) is 15.8. The summed E-state index contributed by atoms with van der Waals surface area (Å²) in [6.45, 7) is 16.0. The number of aromatic amines is 1. The molecule has 1 aliphatic rings. The molecule has 8 aromatic rings. The van der Waals surface area contributed by atoms with Crippen molar-refractivity contribution in [2.24, 2.45) is 0 Å². The van der Waals surface area contributed by atoms with Gasteiger partial charge in [-0.25, -0.2) is 0 Å². The highest BCUT2D eigenvalue weighted by molar-refractivity contribution is 7.22. The maximum Gasteiger partial charge on any atom is 0.203 e. The van der Waals surface area contributed by atoms with Gasteiger partial charge in [-0.15, -0.1) is 0 Å². The van der Waals surface area contributed by atoms with E-state index in [-0.39, 0.29) is 10.8 Å². The average Bonchev–Trinajstić information content (AvgIpc) is 3.81. The Morgan fingerprint density at radius 3 is 1.90 bits per heavy atom. The van der Waals surface area contributed by atoms with Gasteiger partial charge in [0.15, 0.2) is 0 Å². The molecule has 4 heterocycles. The lowest BCUT2D eigenvalue weighted by Gasteiger charge is -2.32. The number of para-hydroxylation sites is 1. The van der Waals surface area contributed by atoms with E-state index in [4.69, 9.17) is 4.98 Å². The van der Waals surface area contributed by atoms with Crippen molar-refractivity contribution in [3.8, 4) is 28.1 Å². The van der Waals surface area contributed by atoms with Crippen molar-refractivity contribution < 1.29 is 0 Å². The molecule has 0 saturated carbocycles. The Morgan fingerprint density at radius 2 is 1.27 bits per heavy atom. The lowest BCUT2D eigenvalue weighted by Crippen LogP contribution is -2.73. The number of hydrogen-bond donors (Lipinski definition) is 1. The molecule has 1 N–H and O–H groups in total. The third kappa shape index (κ3) is 4.86. The van der Waals surface area contributed by atoms with E-state index in [1.807, 2.05) is 13.1 Å². The third-order valence-electron chi connectivity index (χ3n) is 11.1. The highest BCUT2D eigenvalue weighted by Crippen LogP contribution is 2.37. The van der Waals surface area contributed by atoms with E-state index in [1.54, 1.807) is 0 Å². The molecule has 4 nitrogen and oxygen atoms in total. The predicted molar refractivity (Wildman–Crippen MR) is 221 cm³/mol. The van der Waals surface area contributed by atoms with E-state index in [1.165, 1.54) is 64.9 Å². The van der Waals surface area contributed by atoms with Crippen molar-refractivity contribution in [3.05, 3.63) is 150 Å². The summed E-state index contributed by atoms with van der Waals surface area (Å²) in [5.41, 5.74) is 12.0. The summed E-state index contributed by atoms with van der Waals surface area (Å²) in [5.74, 6) is 0. The van der Waals surface area contributed by atoms with Crippen molar-refractivity contribution in [1.82, 2.24) is 19.7 Å². The molecule has 0 spiro atoms. The number of nitrogens with one attached hydrogen (secondary N) is 1. The summed E-state index contributed by atoms with van der Waals surface area (Å²) in [4.78, 5) is 5.29. The number of hydrogen-bond acceptors (Lipinski definition) is 2. The summed E-state index contributed by atoms with van der Waals surface area (Å²) in [5, 5.41) is 15.6. The van der Waals surface area contributed by atoms with Gasteiger partial charge in [-0.05, 0) is 98.0 Å². The van der Waals surface area contributed by atoms with Crippen LogP contribution in [0.15, 0.2) is 134 Å². The van der Waals surface area contributed by atoms with Gasteiger partial charge in [-0.1, -0.05) is 126 Å². The number of benzene rings is 5. The molecule has 3 aromatic heterocycles. The maximum absolute atomic E-state index is 5.29. The van der Waals surface area contributed by atoms with Crippen LogP contribution < -0.4 is 20.9 Å². The highest BCUT2D eigenvalue weighted by Gasteiger charge is 2.51. The lowest BCUT2D eigenvalue weighted by molar-refractivity contribution is 0.590. The van der Waals surface area contributed by atoms with Gasteiger partial charge in [-0.3, -0.25) is 10.1 Å². The first kappa shape index (κ1) is 32.4. The second kappa shape index (κ2) is 11.5. The summed E-state index contributed by atoms with van der Waals surface area (Å²) >= 11 is 0. The number of fused-ring (bicyclic) bond motifs is 6. The van der Waals surface area contributed by atoms with Gasteiger partial charge in [0.1, 0.15) is 0 Å². The van der Waals surface area contributed by atoms with E-state index in [2.05, 4.69) is 184 Å². The monoisotopic (exact) mass is 692 g/mol. The zero-order chi connectivity index (χ0) is 36.0. The second-order valence-corrected chi connectivity index (χ2v) is 20.2. The molecule has 0 amide bonds. The molecule has 0 atom stereocenters. The molecule has 0 aliphatic carbocycles. The van der Waals surface area contributed by atoms with Crippen LogP contribution in [-0.4, -0.2) is 27.8 Å². The van der Waals surface area contributed by atoms with Gasteiger partial charge in [0.05, 0.1) is 16.7 Å². The fraction of sp³-hybridized carbons (Fsp3) is 0.191. The summed E-state index contributed by atoms with van der Waals surface area (Å²) < 4.78 is 2.45. The van der Waals surface area contributed by atoms with Crippen molar-refractivity contribution in [1.29, 1.82) is 0 Å². The normalized spacial score (nSPS) is 13.8. The van der Waals surface area contributed by atoms with Crippen LogP contribution in [0.5, 0.6) is 0 Å². The van der Waals surface area contributed by atoms with Gasteiger partial charge in [-0.2, -0.15) is 5.10 Å². The molecular formula is C47H44N4Si. The predicted octanol–water partition coefficient (Wildman–Crippen LogP) is 8.83. The average molecular weight is 693 g/mol. The number of aromatic nitrogens is 4. The maximum atomic E-state index is 5.29. The smallest absolute Gasteiger partial charge is 0.203 e. The Morgan fingerprint density at radius 1 is 0.596 bits per heavy atom. The summed E-state index contributed by atoms with van der Waals surface area (Å²) in [6, 6.07) is 48.0. The van der Waals surface area contributed by atoms with Crippen LogP contribution in [0.4, 0.5) is 0 Å². The molecule has 0 bridgehead atoms. The Kier molecular flexibility index (Phi) is 7.16. The minimum atomic E-state index is -2.94. The SMILES string of the molecule is Cc1cc(-c2cccc(-n3c4ccccc4c4ccc([Si]5(c6ccccn6)c6cc(C(C)(C)C)ccc6-c6ccc(C(C)(C)C)cc65)cc43)c2)n[nH]1. The van der Waals surface area contributed by atoms with Crippen LogP contribution in [0, 0.1) is 6.92 Å². The second-order valence-electron chi connectivity index (χ2n) is 16.6. The molecule has 256 valence electrons. The Balaban J connectivity index is 1.40. The molecule has 9 rings (SSSR count). The molecule has 52 heavy (non-hydrogen) atoms. The number of rotatable bonds is 4. The molecule has 0 unspecified atom stereocenters. The summed E-state index contributed by atoms with van der Waals surface area (Å²) in [7, 11) is -2.94. The minimum Gasteiger partial charge on any atom is -0.309 e. The summed E-state index contributed by atoms with van der Waals surface area (Å²) in [6.07, 6.45) is 1.99. The minimum absolute atomic E-state index is 0.00110. The van der Waals surface area contributed by atoms with Crippen LogP contribution in [0.25, 0.3) is 49.9 Å². The molecular weight excluding hydrogens is 649 g/mol. The molecule has 1 aliphatic heterocycles. The van der Waals surface area contributed by atoms with Gasteiger partial charge in [0.2, 0.25) is 8.07 Å². The molecule has 0 saturated heterocycles. The fourth-order valence-electron chi connectivity index (χ4n) is 8.43. The molecule has 0 fully saturated rings. The standard InChI is InChI=1S/C47H44N4Si/c1-30-25-40(50-49-30)31-13-12-14-34(26-31)51-41-16-9-8-15-36(41)37-23-20-35(29-42(37)51)52(45-17-10-11-24-48-45)43-27-32(46(2,3)4)18-21-38(43)39-22-19-33(28-44(39)52)47(5,6)7/h8-29H,1-7H3,(H,49,50). The van der Waals surface area contributed by atoms with Crippen LogP contribution >= 0.6 is 0 Å². The quantitative estimate of drug-likeness (QED) is 0.188. The number of pyridine rings is 1. The van der Waals surface area contributed by atoms with Gasteiger partial charge in [0, 0.05) is 39.2 Å². The lowest BCUT2D eigenvalue weighted by atomic mass is 9.85. The first-order valence-electron chi connectivity index (χ1n) is 18.3. The van der Waals surface area contributed by atoms with Gasteiger partial charge < -0.3 is 4.57 Å². The first-order chi connectivity index (χ1) is 24.9. The molecule has 0 radical (unpaired) electrons. The van der Waals surface area contributed by atoms with E-state index in [9.17, 15) is 0 Å². The van der Waals surface area contributed by atoms with E-state index in [0.717, 1.165) is 22.6 Å². The van der Waals surface area contributed by atoms with Gasteiger partial charge >= 0.3 is 0 Å². The number of nitrogens with zero attached hydrogens (tertiary/aromatic N) is 3. The van der Waals surface area contributed by atoms with Crippen LogP contribution in [0.1, 0.15) is 58.4 Å². The van der Waals surface area contributed by atoms with Crippen LogP contribution in [0.2, 0.25) is 0 Å². The zero-order valence-electron chi connectivity index (χ0n) is 31.0. The molecule has 5 heteroatoms. The van der Waals surface area contributed by atoms with Crippen molar-refractivity contribution in [3.63, 3.8) is 0 Å². The fourth-order valence-corrected chi connectivity index (χ4v) is 13.5. The van der Waals surface area contributed by atoms with Gasteiger partial charge in [0.25, 0.3) is 0 Å². The zero-order valence-corrected chi connectivity index (χ0v) is 32.0. The van der Waals surface area contributed by atoms with Crippen molar-refractivity contribution >= 4 is 50.8 Å². The van der Waals surface area contributed by atoms with E-state index < -0.39 is 8.07 Å².